The Kier molecular flexibility index (Phi) is 7.61. The summed E-state index contributed by atoms with van der Waals surface area (Å²) in [6.45, 7) is 8.92. The second-order valence-electron chi connectivity index (χ2n) is 6.07. The van der Waals surface area contributed by atoms with Gasteiger partial charge in [-0.25, -0.2) is 0 Å². The number of ether oxygens (including phenoxy) is 1. The van der Waals surface area contributed by atoms with Gasteiger partial charge in [-0.1, -0.05) is 42.5 Å². The lowest BCUT2D eigenvalue weighted by molar-refractivity contribution is 0.0955. The van der Waals surface area contributed by atoms with Crippen molar-refractivity contribution in [2.45, 2.75) is 19.6 Å². The van der Waals surface area contributed by atoms with E-state index in [1.165, 1.54) is 11.1 Å². The molecule has 2 rings (SSSR count). The van der Waals surface area contributed by atoms with E-state index in [0.29, 0.717) is 24.5 Å². The Labute approximate surface area is 154 Å². The molecule has 0 heterocycles. The number of benzene rings is 2. The first kappa shape index (κ1) is 19.1. The van der Waals surface area contributed by atoms with Gasteiger partial charge >= 0.3 is 0 Å². The van der Waals surface area contributed by atoms with E-state index < -0.39 is 0 Å². The van der Waals surface area contributed by atoms with Crippen LogP contribution in [0.1, 0.15) is 28.4 Å². The van der Waals surface area contributed by atoms with Crippen LogP contribution in [0.15, 0.2) is 60.7 Å². The van der Waals surface area contributed by atoms with Crippen molar-refractivity contribution in [3.8, 4) is 5.75 Å². The summed E-state index contributed by atoms with van der Waals surface area (Å²) in [6, 6.07) is 15.7. The molecule has 0 unspecified atom stereocenters. The maximum atomic E-state index is 12.2. The minimum absolute atomic E-state index is 0.0723. The molecular formula is C21H25NO2S. The second-order valence-corrected chi connectivity index (χ2v) is 7.18. The summed E-state index contributed by atoms with van der Waals surface area (Å²) in [5.74, 6) is 2.45. The third-order valence-corrected chi connectivity index (χ3v) is 4.49. The quantitative estimate of drug-likeness (QED) is 0.527. The van der Waals surface area contributed by atoms with Crippen LogP contribution in [0, 0.1) is 6.92 Å². The molecule has 0 aliphatic heterocycles. The molecule has 0 spiro atoms. The fraction of sp³-hybridized carbons (Fsp3) is 0.286. The first-order valence-electron chi connectivity index (χ1n) is 8.33. The molecule has 0 fully saturated rings. The van der Waals surface area contributed by atoms with Crippen molar-refractivity contribution in [3.05, 3.63) is 77.4 Å². The molecule has 25 heavy (non-hydrogen) atoms. The number of amides is 1. The zero-order chi connectivity index (χ0) is 18.1. The molecular weight excluding hydrogens is 330 g/mol. The van der Waals surface area contributed by atoms with Gasteiger partial charge in [0.25, 0.3) is 5.91 Å². The van der Waals surface area contributed by atoms with Gasteiger partial charge in [0.1, 0.15) is 12.4 Å². The van der Waals surface area contributed by atoms with E-state index in [1.807, 2.05) is 30.8 Å². The molecule has 2 aromatic rings. The average Bonchev–Trinajstić information content (AvgIpc) is 2.60. The molecule has 0 aliphatic rings. The molecule has 0 saturated carbocycles. The third kappa shape index (κ3) is 7.06. The summed E-state index contributed by atoms with van der Waals surface area (Å²) in [5.41, 5.74) is 4.15. The van der Waals surface area contributed by atoms with E-state index in [9.17, 15) is 4.79 Å². The third-order valence-electron chi connectivity index (χ3n) is 3.46. The largest absolute Gasteiger partial charge is 0.489 e. The highest BCUT2D eigenvalue weighted by Gasteiger charge is 2.06. The molecule has 0 atom stereocenters. The van der Waals surface area contributed by atoms with Gasteiger partial charge in [-0.3, -0.25) is 4.79 Å². The molecule has 1 N–H and O–H groups in total. The monoisotopic (exact) mass is 355 g/mol. The van der Waals surface area contributed by atoms with E-state index in [0.717, 1.165) is 17.1 Å². The lowest BCUT2D eigenvalue weighted by atomic mass is 10.2. The van der Waals surface area contributed by atoms with Gasteiger partial charge in [0.15, 0.2) is 0 Å². The van der Waals surface area contributed by atoms with Gasteiger partial charge in [-0.15, -0.1) is 0 Å². The highest BCUT2D eigenvalue weighted by atomic mass is 32.2. The Morgan fingerprint density at radius 2 is 2.00 bits per heavy atom. The summed E-state index contributed by atoms with van der Waals surface area (Å²) in [6.07, 6.45) is 0. The van der Waals surface area contributed by atoms with Crippen LogP contribution in [0.25, 0.3) is 0 Å². The fourth-order valence-electron chi connectivity index (χ4n) is 2.26. The molecule has 1 amide bonds. The molecule has 0 saturated heterocycles. The Morgan fingerprint density at radius 3 is 2.76 bits per heavy atom. The zero-order valence-corrected chi connectivity index (χ0v) is 15.7. The summed E-state index contributed by atoms with van der Waals surface area (Å²) in [5, 5.41) is 2.96. The van der Waals surface area contributed by atoms with E-state index >= 15 is 0 Å². The van der Waals surface area contributed by atoms with Crippen molar-refractivity contribution in [2.24, 2.45) is 0 Å². The molecule has 0 aromatic heterocycles. The molecule has 132 valence electrons. The van der Waals surface area contributed by atoms with Gasteiger partial charge in [-0.05, 0) is 43.2 Å². The Morgan fingerprint density at radius 1 is 1.20 bits per heavy atom. The first-order chi connectivity index (χ1) is 12.0. The van der Waals surface area contributed by atoms with Crippen molar-refractivity contribution in [1.29, 1.82) is 0 Å². The van der Waals surface area contributed by atoms with Gasteiger partial charge in [-0.2, -0.15) is 11.8 Å². The van der Waals surface area contributed by atoms with Crippen molar-refractivity contribution < 1.29 is 9.53 Å². The van der Waals surface area contributed by atoms with Crippen LogP contribution in [0.3, 0.4) is 0 Å². The predicted octanol–water partition coefficient (Wildman–Crippen LogP) is 4.61. The van der Waals surface area contributed by atoms with Crippen molar-refractivity contribution in [3.63, 3.8) is 0 Å². The zero-order valence-electron chi connectivity index (χ0n) is 14.9. The lowest BCUT2D eigenvalue weighted by Crippen LogP contribution is -2.25. The number of aryl methyl sites for hydroxylation is 1. The minimum atomic E-state index is -0.0723. The number of carbonyl (C=O) groups excluding carboxylic acids is 1. The van der Waals surface area contributed by atoms with Gasteiger partial charge in [0.2, 0.25) is 0 Å². The van der Waals surface area contributed by atoms with E-state index in [2.05, 4.69) is 43.1 Å². The number of hydrogen-bond donors (Lipinski definition) is 1. The standard InChI is InChI=1S/C21H25NO2S/c1-16(2)14-24-20-9-5-8-19(13-20)21(23)22-10-11-25-15-18-7-4-6-17(3)12-18/h4-9,12-13H,1,10-11,14-15H2,2-3H3,(H,22,23). The summed E-state index contributed by atoms with van der Waals surface area (Å²) >= 11 is 1.82. The highest BCUT2D eigenvalue weighted by Crippen LogP contribution is 2.15. The van der Waals surface area contributed by atoms with Crippen LogP contribution in [-0.4, -0.2) is 24.8 Å². The van der Waals surface area contributed by atoms with Crippen LogP contribution >= 0.6 is 11.8 Å². The summed E-state index contributed by atoms with van der Waals surface area (Å²) < 4.78 is 5.58. The molecule has 2 aromatic carbocycles. The SMILES string of the molecule is C=C(C)COc1cccc(C(=O)NCCSCc2cccc(C)c2)c1. The maximum Gasteiger partial charge on any atom is 0.251 e. The minimum Gasteiger partial charge on any atom is -0.489 e. The second kappa shape index (κ2) is 9.94. The van der Waals surface area contributed by atoms with E-state index in [-0.39, 0.29) is 5.91 Å². The van der Waals surface area contributed by atoms with Gasteiger partial charge in [0.05, 0.1) is 0 Å². The number of nitrogens with one attached hydrogen (secondary N) is 1. The van der Waals surface area contributed by atoms with Crippen LogP contribution < -0.4 is 10.1 Å². The van der Waals surface area contributed by atoms with Crippen LogP contribution in [0.4, 0.5) is 0 Å². The normalized spacial score (nSPS) is 10.3. The van der Waals surface area contributed by atoms with Crippen molar-refractivity contribution in [1.82, 2.24) is 5.32 Å². The van der Waals surface area contributed by atoms with Crippen LogP contribution in [0.5, 0.6) is 5.75 Å². The van der Waals surface area contributed by atoms with Crippen molar-refractivity contribution >= 4 is 17.7 Å². The lowest BCUT2D eigenvalue weighted by Gasteiger charge is -2.09. The number of carbonyl (C=O) groups is 1. The molecule has 4 heteroatoms. The van der Waals surface area contributed by atoms with E-state index in [1.54, 1.807) is 12.1 Å². The van der Waals surface area contributed by atoms with Crippen molar-refractivity contribution in [2.75, 3.05) is 18.9 Å². The smallest absolute Gasteiger partial charge is 0.251 e. The van der Waals surface area contributed by atoms with Gasteiger partial charge in [0, 0.05) is 23.6 Å². The average molecular weight is 356 g/mol. The summed E-state index contributed by atoms with van der Waals surface area (Å²) in [7, 11) is 0. The molecule has 0 bridgehead atoms. The number of hydrogen-bond acceptors (Lipinski definition) is 3. The highest BCUT2D eigenvalue weighted by molar-refractivity contribution is 7.98. The van der Waals surface area contributed by atoms with Crippen LogP contribution in [0.2, 0.25) is 0 Å². The molecule has 3 nitrogen and oxygen atoms in total. The summed E-state index contributed by atoms with van der Waals surface area (Å²) in [4.78, 5) is 12.2. The Balaban J connectivity index is 1.73. The number of thioether (sulfide) groups is 1. The van der Waals surface area contributed by atoms with E-state index in [4.69, 9.17) is 4.74 Å². The Hall–Kier alpha value is -2.20. The Bertz CT molecular complexity index is 727. The molecule has 0 aliphatic carbocycles. The molecule has 0 radical (unpaired) electrons. The first-order valence-corrected chi connectivity index (χ1v) is 9.49. The predicted molar refractivity (Wildman–Crippen MR) is 106 cm³/mol. The number of rotatable bonds is 9. The van der Waals surface area contributed by atoms with Crippen LogP contribution in [-0.2, 0) is 5.75 Å². The topological polar surface area (TPSA) is 38.3 Å². The fourth-order valence-corrected chi connectivity index (χ4v) is 3.07. The van der Waals surface area contributed by atoms with Gasteiger partial charge < -0.3 is 10.1 Å². The maximum absolute atomic E-state index is 12.2.